The second-order valence-electron chi connectivity index (χ2n) is 9.58. The number of piperazine rings is 1. The molecule has 1 N–H and O–H groups in total. The molecule has 1 saturated heterocycles. The summed E-state index contributed by atoms with van der Waals surface area (Å²) in [7, 11) is 1.93. The summed E-state index contributed by atoms with van der Waals surface area (Å²) in [4.78, 5) is 17.4. The number of aromatic amines is 1. The Kier molecular flexibility index (Phi) is 5.12. The van der Waals surface area contributed by atoms with E-state index >= 15 is 0 Å². The van der Waals surface area contributed by atoms with Crippen LogP contribution in [0.4, 0.5) is 11.6 Å². The Morgan fingerprint density at radius 3 is 2.43 bits per heavy atom. The fraction of sp³-hybridized carbons (Fsp3) is 0.214. The lowest BCUT2D eigenvalue weighted by atomic mass is 10.1. The molecule has 1 aromatic carbocycles. The number of nitrogens with one attached hydrogen (secondary N) is 1. The smallest absolute Gasteiger partial charge is 0.225 e. The molecule has 0 unspecified atom stereocenters. The van der Waals surface area contributed by atoms with Crippen molar-refractivity contribution in [3.63, 3.8) is 0 Å². The number of fused-ring (bicyclic) bond motifs is 2. The summed E-state index contributed by atoms with van der Waals surface area (Å²) < 4.78 is 3.77. The van der Waals surface area contributed by atoms with Gasteiger partial charge in [0.1, 0.15) is 0 Å². The molecule has 0 saturated carbocycles. The maximum absolute atomic E-state index is 4.70. The van der Waals surface area contributed by atoms with E-state index in [4.69, 9.17) is 9.97 Å². The van der Waals surface area contributed by atoms with Crippen LogP contribution in [0.1, 0.15) is 11.1 Å². The van der Waals surface area contributed by atoms with Crippen LogP contribution in [-0.4, -0.2) is 60.5 Å². The van der Waals surface area contributed by atoms with Crippen molar-refractivity contribution in [1.29, 1.82) is 0 Å². The normalized spacial score (nSPS) is 14.2. The minimum Gasteiger partial charge on any atom is -0.365 e. The van der Waals surface area contributed by atoms with Gasteiger partial charge < -0.3 is 14.8 Å². The van der Waals surface area contributed by atoms with Crippen LogP contribution in [0.5, 0.6) is 0 Å². The van der Waals surface area contributed by atoms with Gasteiger partial charge in [-0.3, -0.25) is 4.68 Å². The number of hydrogen-bond donors (Lipinski definition) is 1. The second kappa shape index (κ2) is 8.77. The van der Waals surface area contributed by atoms with Crippen LogP contribution in [0.15, 0.2) is 79.8 Å². The first kappa shape index (κ1) is 21.6. The van der Waals surface area contributed by atoms with E-state index in [1.54, 1.807) is 0 Å². The lowest BCUT2D eigenvalue weighted by Gasteiger charge is -2.35. The molecule has 9 nitrogen and oxygen atoms in total. The Bertz CT molecular complexity index is 1680. The number of hydrogen-bond acceptors (Lipinski definition) is 6. The summed E-state index contributed by atoms with van der Waals surface area (Å²) in [6, 6.07) is 12.7. The van der Waals surface area contributed by atoms with Crippen LogP contribution in [0.2, 0.25) is 0 Å². The molecule has 0 spiro atoms. The van der Waals surface area contributed by atoms with Gasteiger partial charge in [-0.15, -0.1) is 0 Å². The molecule has 0 radical (unpaired) electrons. The molecule has 0 bridgehead atoms. The van der Waals surface area contributed by atoms with Gasteiger partial charge in [0.25, 0.3) is 0 Å². The van der Waals surface area contributed by atoms with Crippen LogP contribution in [-0.2, 0) is 13.5 Å². The first-order chi connectivity index (χ1) is 18.2. The van der Waals surface area contributed by atoms with Crippen molar-refractivity contribution in [3.05, 3.63) is 90.9 Å². The van der Waals surface area contributed by atoms with Crippen molar-refractivity contribution in [2.75, 3.05) is 36.0 Å². The summed E-state index contributed by atoms with van der Waals surface area (Å²) in [5.74, 6) is 0.795. The van der Waals surface area contributed by atoms with Gasteiger partial charge in [0.15, 0.2) is 0 Å². The molecule has 9 heteroatoms. The molecular weight excluding hydrogens is 462 g/mol. The monoisotopic (exact) mass is 489 g/mol. The molecular formula is C28H27N9. The highest BCUT2D eigenvalue weighted by atomic mass is 15.3. The van der Waals surface area contributed by atoms with Gasteiger partial charge in [0, 0.05) is 92.7 Å². The van der Waals surface area contributed by atoms with E-state index < -0.39 is 0 Å². The topological polar surface area (TPSA) is 83.2 Å². The highest BCUT2D eigenvalue weighted by molar-refractivity contribution is 5.83. The lowest BCUT2D eigenvalue weighted by molar-refractivity contribution is 0.641. The van der Waals surface area contributed by atoms with E-state index in [1.165, 1.54) is 10.9 Å². The van der Waals surface area contributed by atoms with Crippen molar-refractivity contribution < 1.29 is 0 Å². The molecule has 1 aliphatic rings. The van der Waals surface area contributed by atoms with Crippen LogP contribution < -0.4 is 9.80 Å². The predicted octanol–water partition coefficient (Wildman–Crippen LogP) is 3.92. The number of para-hydroxylation sites is 1. The zero-order valence-electron chi connectivity index (χ0n) is 20.6. The Morgan fingerprint density at radius 1 is 0.811 bits per heavy atom. The first-order valence-corrected chi connectivity index (χ1v) is 12.5. The molecule has 5 aromatic heterocycles. The minimum atomic E-state index is 0.795. The van der Waals surface area contributed by atoms with Crippen LogP contribution in [0.25, 0.3) is 27.5 Å². The van der Waals surface area contributed by atoms with Crippen molar-refractivity contribution in [2.45, 2.75) is 6.42 Å². The summed E-state index contributed by atoms with van der Waals surface area (Å²) in [6.45, 7) is 3.53. The average Bonchev–Trinajstić information content (AvgIpc) is 3.68. The maximum atomic E-state index is 4.70. The average molecular weight is 490 g/mol. The molecule has 0 aliphatic carbocycles. The van der Waals surface area contributed by atoms with Crippen molar-refractivity contribution in [1.82, 2.24) is 34.3 Å². The molecule has 6 aromatic rings. The van der Waals surface area contributed by atoms with Gasteiger partial charge in [-0.05, 0) is 23.3 Å². The predicted molar refractivity (Wildman–Crippen MR) is 145 cm³/mol. The molecule has 7 rings (SSSR count). The zero-order chi connectivity index (χ0) is 24.8. The SMILES string of the molecule is Cn1cc(-c2ccc3c(N4CCN(c5ncc(Cc6c[nH]c7ccccc67)cn5)CC4)cnn3c2)cn1. The van der Waals surface area contributed by atoms with Crippen LogP contribution >= 0.6 is 0 Å². The molecule has 1 fully saturated rings. The molecule has 1 aliphatic heterocycles. The number of pyridine rings is 1. The van der Waals surface area contributed by atoms with E-state index in [-0.39, 0.29) is 0 Å². The largest absolute Gasteiger partial charge is 0.365 e. The van der Waals surface area contributed by atoms with Crippen molar-refractivity contribution in [2.24, 2.45) is 7.05 Å². The number of nitrogens with zero attached hydrogens (tertiary/aromatic N) is 8. The third-order valence-corrected chi connectivity index (χ3v) is 7.20. The fourth-order valence-electron chi connectivity index (χ4n) is 5.20. The third kappa shape index (κ3) is 3.98. The Labute approximate surface area is 214 Å². The molecule has 0 amide bonds. The Hall–Kier alpha value is -4.66. The molecule has 0 atom stereocenters. The Balaban J connectivity index is 1.02. The highest BCUT2D eigenvalue weighted by Crippen LogP contribution is 2.27. The summed E-state index contributed by atoms with van der Waals surface area (Å²) in [6.07, 6.45) is 14.7. The number of benzene rings is 1. The van der Waals surface area contributed by atoms with Gasteiger partial charge in [-0.2, -0.15) is 10.2 Å². The number of aryl methyl sites for hydroxylation is 1. The number of rotatable bonds is 5. The number of H-pyrrole nitrogens is 1. The fourth-order valence-corrected chi connectivity index (χ4v) is 5.20. The van der Waals surface area contributed by atoms with E-state index in [1.807, 2.05) is 47.2 Å². The summed E-state index contributed by atoms with van der Waals surface area (Å²) in [5.41, 5.74) is 8.00. The first-order valence-electron chi connectivity index (χ1n) is 12.5. The summed E-state index contributed by atoms with van der Waals surface area (Å²) in [5, 5.41) is 10.2. The second-order valence-corrected chi connectivity index (χ2v) is 9.58. The number of anilines is 2. The molecule has 184 valence electrons. The van der Waals surface area contributed by atoms with E-state index in [0.717, 1.165) is 72.0 Å². The van der Waals surface area contributed by atoms with Crippen molar-refractivity contribution in [3.8, 4) is 11.1 Å². The van der Waals surface area contributed by atoms with Gasteiger partial charge >= 0.3 is 0 Å². The lowest BCUT2D eigenvalue weighted by Crippen LogP contribution is -2.47. The third-order valence-electron chi connectivity index (χ3n) is 7.20. The molecule has 6 heterocycles. The quantitative estimate of drug-likeness (QED) is 0.395. The van der Waals surface area contributed by atoms with Crippen LogP contribution in [0.3, 0.4) is 0 Å². The van der Waals surface area contributed by atoms with E-state index in [9.17, 15) is 0 Å². The Morgan fingerprint density at radius 2 is 1.62 bits per heavy atom. The van der Waals surface area contributed by atoms with Crippen molar-refractivity contribution >= 4 is 28.1 Å². The maximum Gasteiger partial charge on any atom is 0.225 e. The summed E-state index contributed by atoms with van der Waals surface area (Å²) >= 11 is 0. The van der Waals surface area contributed by atoms with Gasteiger partial charge in [0.05, 0.1) is 23.6 Å². The number of aromatic nitrogens is 7. The van der Waals surface area contributed by atoms with E-state index in [0.29, 0.717) is 0 Å². The van der Waals surface area contributed by atoms with Crippen LogP contribution in [0, 0.1) is 0 Å². The zero-order valence-corrected chi connectivity index (χ0v) is 20.6. The van der Waals surface area contributed by atoms with Gasteiger partial charge in [-0.1, -0.05) is 24.3 Å². The minimum absolute atomic E-state index is 0.795. The van der Waals surface area contributed by atoms with Gasteiger partial charge in [-0.25, -0.2) is 14.5 Å². The highest BCUT2D eigenvalue weighted by Gasteiger charge is 2.22. The van der Waals surface area contributed by atoms with Gasteiger partial charge in [0.2, 0.25) is 5.95 Å². The standard InChI is InChI=1S/C28H27N9/c1-34-18-23(16-32-34)21-6-7-26-27(17-33-37(26)19-21)35-8-10-36(11-9-35)28-30-13-20(14-31-28)12-22-15-29-25-5-3-2-4-24(22)25/h2-7,13-19,29H,8-12H2,1H3. The molecule has 37 heavy (non-hydrogen) atoms. The van der Waals surface area contributed by atoms with E-state index in [2.05, 4.69) is 73.8 Å².